The van der Waals surface area contributed by atoms with Crippen molar-refractivity contribution in [2.24, 2.45) is 17.1 Å². The van der Waals surface area contributed by atoms with Crippen molar-refractivity contribution in [3.63, 3.8) is 0 Å². The molecule has 1 heterocycles. The molecule has 0 aromatic rings. The van der Waals surface area contributed by atoms with Gasteiger partial charge in [-0.3, -0.25) is 4.90 Å². The van der Waals surface area contributed by atoms with E-state index in [9.17, 15) is 13.2 Å². The topological polar surface area (TPSA) is 29.3 Å². The summed E-state index contributed by atoms with van der Waals surface area (Å²) in [5.41, 5.74) is 5.88. The molecule has 1 fully saturated rings. The second-order valence-electron chi connectivity index (χ2n) is 6.55. The number of nitrogens with zero attached hydrogens (tertiary/aromatic N) is 1. The van der Waals surface area contributed by atoms with Gasteiger partial charge in [-0.15, -0.1) is 0 Å². The lowest BCUT2D eigenvalue weighted by molar-refractivity contribution is -0.190. The number of piperidine rings is 1. The smallest absolute Gasteiger partial charge is 0.327 e. The molecule has 1 aliphatic rings. The van der Waals surface area contributed by atoms with Crippen molar-refractivity contribution in [1.29, 1.82) is 0 Å². The van der Waals surface area contributed by atoms with Gasteiger partial charge in [-0.05, 0) is 31.7 Å². The number of rotatable bonds is 2. The Morgan fingerprint density at radius 1 is 1.22 bits per heavy atom. The molecule has 2 nitrogen and oxygen atoms in total. The van der Waals surface area contributed by atoms with Crippen LogP contribution in [0.4, 0.5) is 13.2 Å². The first-order chi connectivity index (χ1) is 8.03. The Kier molecular flexibility index (Phi) is 4.70. The zero-order valence-corrected chi connectivity index (χ0v) is 11.7. The van der Waals surface area contributed by atoms with Crippen LogP contribution in [-0.2, 0) is 0 Å². The number of alkyl halides is 3. The highest BCUT2D eigenvalue weighted by molar-refractivity contribution is 4.92. The van der Waals surface area contributed by atoms with Crippen LogP contribution in [0.25, 0.3) is 0 Å². The molecule has 0 bridgehead atoms. The molecule has 3 unspecified atom stereocenters. The number of likely N-dealkylation sites (tertiary alicyclic amines) is 1. The van der Waals surface area contributed by atoms with E-state index in [4.69, 9.17) is 5.73 Å². The predicted octanol–water partition coefficient (Wildman–Crippen LogP) is 3.02. The summed E-state index contributed by atoms with van der Waals surface area (Å²) >= 11 is 0. The van der Waals surface area contributed by atoms with Crippen LogP contribution in [-0.4, -0.2) is 36.2 Å². The van der Waals surface area contributed by atoms with E-state index in [1.54, 1.807) is 0 Å². The largest absolute Gasteiger partial charge is 0.393 e. The lowest BCUT2D eigenvalue weighted by Crippen LogP contribution is -2.57. The molecule has 0 amide bonds. The molecule has 0 aromatic heterocycles. The summed E-state index contributed by atoms with van der Waals surface area (Å²) in [6, 6.07) is -0.139. The first kappa shape index (κ1) is 15.8. The zero-order valence-electron chi connectivity index (χ0n) is 11.7. The van der Waals surface area contributed by atoms with Gasteiger partial charge in [-0.25, -0.2) is 0 Å². The van der Waals surface area contributed by atoms with Crippen molar-refractivity contribution >= 4 is 0 Å². The highest BCUT2D eigenvalue weighted by Crippen LogP contribution is 2.36. The Hall–Kier alpha value is -0.290. The zero-order chi connectivity index (χ0) is 14.1. The highest BCUT2D eigenvalue weighted by atomic mass is 19.4. The van der Waals surface area contributed by atoms with Crippen LogP contribution in [0.5, 0.6) is 0 Å². The van der Waals surface area contributed by atoms with Crippen molar-refractivity contribution in [2.45, 2.75) is 58.8 Å². The minimum atomic E-state index is -4.08. The average Bonchev–Trinajstić information content (AvgIpc) is 2.13. The van der Waals surface area contributed by atoms with Gasteiger partial charge in [0.1, 0.15) is 0 Å². The summed E-state index contributed by atoms with van der Waals surface area (Å²) in [4.78, 5) is 1.94. The van der Waals surface area contributed by atoms with E-state index in [-0.39, 0.29) is 30.5 Å². The van der Waals surface area contributed by atoms with Crippen LogP contribution in [0.2, 0.25) is 0 Å². The van der Waals surface area contributed by atoms with Gasteiger partial charge in [-0.1, -0.05) is 20.8 Å². The van der Waals surface area contributed by atoms with Gasteiger partial charge in [0.2, 0.25) is 0 Å². The Morgan fingerprint density at radius 2 is 1.78 bits per heavy atom. The summed E-state index contributed by atoms with van der Waals surface area (Å²) in [6.07, 6.45) is -3.24. The molecule has 5 heteroatoms. The third kappa shape index (κ3) is 3.85. The van der Waals surface area contributed by atoms with Crippen LogP contribution in [0, 0.1) is 11.3 Å². The van der Waals surface area contributed by atoms with Crippen LogP contribution >= 0.6 is 0 Å². The van der Waals surface area contributed by atoms with E-state index in [0.29, 0.717) is 6.42 Å². The van der Waals surface area contributed by atoms with Gasteiger partial charge >= 0.3 is 6.18 Å². The normalized spacial score (nSPS) is 27.0. The number of nitrogens with two attached hydrogens (primary N) is 1. The predicted molar refractivity (Wildman–Crippen MR) is 67.2 cm³/mol. The molecular formula is C13H25F3N2. The SMILES string of the molecule is CC(N)C(N1CCCC(C(F)(F)F)C1)C(C)(C)C. The highest BCUT2D eigenvalue weighted by Gasteiger charge is 2.44. The minimum Gasteiger partial charge on any atom is -0.327 e. The summed E-state index contributed by atoms with van der Waals surface area (Å²) in [6.45, 7) is 8.81. The molecule has 1 aliphatic heterocycles. The Morgan fingerprint density at radius 3 is 2.17 bits per heavy atom. The quantitative estimate of drug-likeness (QED) is 0.832. The maximum absolute atomic E-state index is 12.8. The first-order valence-electron chi connectivity index (χ1n) is 6.60. The maximum Gasteiger partial charge on any atom is 0.393 e. The fraction of sp³-hybridized carbons (Fsp3) is 1.00. The van der Waals surface area contributed by atoms with Gasteiger partial charge in [-0.2, -0.15) is 13.2 Å². The molecule has 1 saturated heterocycles. The van der Waals surface area contributed by atoms with Crippen LogP contribution < -0.4 is 5.73 Å². The third-order valence-corrected chi connectivity index (χ3v) is 3.69. The molecule has 108 valence electrons. The van der Waals surface area contributed by atoms with Crippen molar-refractivity contribution in [1.82, 2.24) is 4.90 Å². The summed E-state index contributed by atoms with van der Waals surface area (Å²) < 4.78 is 38.5. The van der Waals surface area contributed by atoms with E-state index in [1.807, 2.05) is 32.6 Å². The third-order valence-electron chi connectivity index (χ3n) is 3.69. The van der Waals surface area contributed by atoms with Crippen LogP contribution in [0.1, 0.15) is 40.5 Å². The Balaban J connectivity index is 2.81. The lowest BCUT2D eigenvalue weighted by atomic mass is 9.80. The Bertz CT molecular complexity index is 268. The molecule has 0 saturated carbocycles. The number of hydrogen-bond acceptors (Lipinski definition) is 2. The molecular weight excluding hydrogens is 241 g/mol. The average molecular weight is 266 g/mol. The lowest BCUT2D eigenvalue weighted by Gasteiger charge is -2.46. The molecule has 2 N–H and O–H groups in total. The summed E-state index contributed by atoms with van der Waals surface area (Å²) in [5.74, 6) is -1.20. The van der Waals surface area contributed by atoms with Gasteiger partial charge in [0.05, 0.1) is 5.92 Å². The fourth-order valence-corrected chi connectivity index (χ4v) is 3.20. The fourth-order valence-electron chi connectivity index (χ4n) is 3.20. The van der Waals surface area contributed by atoms with Crippen molar-refractivity contribution in [3.8, 4) is 0 Å². The molecule has 0 spiro atoms. The summed E-state index contributed by atoms with van der Waals surface area (Å²) in [5, 5.41) is 0. The maximum atomic E-state index is 12.8. The Labute approximate surface area is 108 Å². The van der Waals surface area contributed by atoms with E-state index in [0.717, 1.165) is 6.54 Å². The van der Waals surface area contributed by atoms with E-state index in [2.05, 4.69) is 0 Å². The molecule has 0 aliphatic carbocycles. The van der Waals surface area contributed by atoms with Gasteiger partial charge in [0.25, 0.3) is 0 Å². The molecule has 0 aromatic carbocycles. The standard InChI is InChI=1S/C13H25F3N2/c1-9(17)11(12(2,3)4)18-7-5-6-10(8-18)13(14,15)16/h9-11H,5-8,17H2,1-4H3. The van der Waals surface area contributed by atoms with Crippen LogP contribution in [0.15, 0.2) is 0 Å². The van der Waals surface area contributed by atoms with E-state index in [1.165, 1.54) is 0 Å². The van der Waals surface area contributed by atoms with Gasteiger partial charge in [0, 0.05) is 18.6 Å². The molecule has 18 heavy (non-hydrogen) atoms. The molecule has 0 radical (unpaired) electrons. The van der Waals surface area contributed by atoms with Crippen molar-refractivity contribution in [2.75, 3.05) is 13.1 Å². The van der Waals surface area contributed by atoms with E-state index >= 15 is 0 Å². The number of halogens is 3. The second-order valence-corrected chi connectivity index (χ2v) is 6.55. The monoisotopic (exact) mass is 266 g/mol. The van der Waals surface area contributed by atoms with Gasteiger partial charge in [0.15, 0.2) is 0 Å². The molecule has 3 atom stereocenters. The van der Waals surface area contributed by atoms with Crippen LogP contribution in [0.3, 0.4) is 0 Å². The number of hydrogen-bond donors (Lipinski definition) is 1. The van der Waals surface area contributed by atoms with Gasteiger partial charge < -0.3 is 5.73 Å². The van der Waals surface area contributed by atoms with Crippen molar-refractivity contribution in [3.05, 3.63) is 0 Å². The minimum absolute atomic E-state index is 0.0114. The second kappa shape index (κ2) is 5.37. The molecule has 1 rings (SSSR count). The van der Waals surface area contributed by atoms with E-state index < -0.39 is 12.1 Å². The van der Waals surface area contributed by atoms with Crippen molar-refractivity contribution < 1.29 is 13.2 Å². The summed E-state index contributed by atoms with van der Waals surface area (Å²) in [7, 11) is 0. The first-order valence-corrected chi connectivity index (χ1v) is 6.60.